The van der Waals surface area contributed by atoms with Crippen LogP contribution < -0.4 is 4.74 Å². The first-order valence-corrected chi connectivity index (χ1v) is 6.18. The van der Waals surface area contributed by atoms with Crippen LogP contribution in [0.2, 0.25) is 0 Å². The first kappa shape index (κ1) is 10.7. The fourth-order valence-corrected chi connectivity index (χ4v) is 3.39. The molecule has 0 spiro atoms. The molecule has 0 amide bonds. The summed E-state index contributed by atoms with van der Waals surface area (Å²) < 4.78 is 5.11. The average Bonchev–Trinajstić information content (AvgIpc) is 3.00. The number of rotatable bonds is 3. The Labute approximate surface area is 100 Å². The Morgan fingerprint density at radius 3 is 2.76 bits per heavy atom. The third-order valence-electron chi connectivity index (χ3n) is 4.17. The maximum absolute atomic E-state index is 12.4. The van der Waals surface area contributed by atoms with Crippen molar-refractivity contribution in [1.82, 2.24) is 9.97 Å². The molecule has 2 bridgehead atoms. The number of ketones is 1. The second-order valence-electron chi connectivity index (χ2n) is 5.06. The smallest absolute Gasteiger partial charge is 0.243 e. The molecule has 0 aliphatic heterocycles. The maximum atomic E-state index is 12.4. The Balaban J connectivity index is 1.86. The van der Waals surface area contributed by atoms with Crippen molar-refractivity contribution in [3.63, 3.8) is 0 Å². The molecule has 0 saturated heterocycles. The predicted octanol–water partition coefficient (Wildman–Crippen LogP) is 2.10. The van der Waals surface area contributed by atoms with Crippen LogP contribution >= 0.6 is 0 Å². The van der Waals surface area contributed by atoms with Gasteiger partial charge in [-0.05, 0) is 31.1 Å². The van der Waals surface area contributed by atoms with E-state index < -0.39 is 0 Å². The van der Waals surface area contributed by atoms with Crippen molar-refractivity contribution in [3.8, 4) is 5.88 Å². The molecule has 3 rings (SSSR count). The van der Waals surface area contributed by atoms with Gasteiger partial charge in [-0.25, -0.2) is 9.97 Å². The van der Waals surface area contributed by atoms with E-state index in [-0.39, 0.29) is 11.7 Å². The van der Waals surface area contributed by atoms with Gasteiger partial charge in [-0.3, -0.25) is 4.79 Å². The first-order chi connectivity index (χ1) is 8.29. The zero-order valence-electron chi connectivity index (χ0n) is 9.93. The van der Waals surface area contributed by atoms with E-state index in [0.29, 0.717) is 17.5 Å². The number of methoxy groups -OCH3 is 1. The fourth-order valence-electron chi connectivity index (χ4n) is 3.39. The second kappa shape index (κ2) is 4.09. The third-order valence-corrected chi connectivity index (χ3v) is 4.17. The molecule has 4 nitrogen and oxygen atoms in total. The molecule has 0 aromatic carbocycles. The summed E-state index contributed by atoms with van der Waals surface area (Å²) in [6, 6.07) is 0. The lowest BCUT2D eigenvalue weighted by Crippen LogP contribution is -2.22. The molecule has 17 heavy (non-hydrogen) atoms. The van der Waals surface area contributed by atoms with Gasteiger partial charge < -0.3 is 4.74 Å². The quantitative estimate of drug-likeness (QED) is 0.749. The number of nitrogens with zero attached hydrogens (tertiary/aromatic N) is 2. The molecule has 3 atom stereocenters. The summed E-state index contributed by atoms with van der Waals surface area (Å²) in [6.07, 6.45) is 7.86. The van der Waals surface area contributed by atoms with E-state index in [1.165, 1.54) is 26.4 Å². The van der Waals surface area contributed by atoms with E-state index in [0.717, 1.165) is 12.3 Å². The molecular formula is C13H16N2O2. The monoisotopic (exact) mass is 232 g/mol. The molecule has 90 valence electrons. The van der Waals surface area contributed by atoms with E-state index in [1.54, 1.807) is 12.4 Å². The topological polar surface area (TPSA) is 52.1 Å². The Bertz CT molecular complexity index is 447. The van der Waals surface area contributed by atoms with Crippen molar-refractivity contribution >= 4 is 5.78 Å². The van der Waals surface area contributed by atoms with Gasteiger partial charge in [0.25, 0.3) is 0 Å². The van der Waals surface area contributed by atoms with E-state index in [9.17, 15) is 4.79 Å². The molecule has 2 fully saturated rings. The number of hydrogen-bond acceptors (Lipinski definition) is 4. The van der Waals surface area contributed by atoms with Crippen LogP contribution in [0.25, 0.3) is 0 Å². The summed E-state index contributed by atoms with van der Waals surface area (Å²) in [7, 11) is 1.53. The molecular weight excluding hydrogens is 216 g/mol. The summed E-state index contributed by atoms with van der Waals surface area (Å²) in [4.78, 5) is 20.6. The summed E-state index contributed by atoms with van der Waals surface area (Å²) in [5.74, 6) is 1.97. The molecule has 3 unspecified atom stereocenters. The normalized spacial score (nSPS) is 30.5. The van der Waals surface area contributed by atoms with Gasteiger partial charge in [-0.1, -0.05) is 6.42 Å². The van der Waals surface area contributed by atoms with Crippen LogP contribution in [0.3, 0.4) is 0 Å². The van der Waals surface area contributed by atoms with E-state index in [1.807, 2.05) is 0 Å². The standard InChI is InChI=1S/C13H16N2O2/c1-17-13-11(14-4-5-15-13)12(16)10-7-8-2-3-9(10)6-8/h4-5,8-10H,2-3,6-7H2,1H3. The van der Waals surface area contributed by atoms with Crippen LogP contribution in [0, 0.1) is 17.8 Å². The van der Waals surface area contributed by atoms with Gasteiger partial charge in [0.1, 0.15) is 0 Å². The fraction of sp³-hybridized carbons (Fsp3) is 0.615. The lowest BCUT2D eigenvalue weighted by Gasteiger charge is -2.20. The van der Waals surface area contributed by atoms with Crippen molar-refractivity contribution in [2.45, 2.75) is 25.7 Å². The summed E-state index contributed by atoms with van der Waals surface area (Å²) in [5, 5.41) is 0. The van der Waals surface area contributed by atoms with Crippen LogP contribution in [0.5, 0.6) is 5.88 Å². The van der Waals surface area contributed by atoms with Crippen LogP contribution in [0.4, 0.5) is 0 Å². The van der Waals surface area contributed by atoms with Gasteiger partial charge in [0.05, 0.1) is 7.11 Å². The highest BCUT2D eigenvalue weighted by molar-refractivity contribution is 5.98. The number of fused-ring (bicyclic) bond motifs is 2. The van der Waals surface area contributed by atoms with Gasteiger partial charge >= 0.3 is 0 Å². The highest BCUT2D eigenvalue weighted by atomic mass is 16.5. The van der Waals surface area contributed by atoms with Crippen LogP contribution in [0.1, 0.15) is 36.2 Å². The summed E-state index contributed by atoms with van der Waals surface area (Å²) >= 11 is 0. The molecule has 1 aromatic rings. The Kier molecular flexibility index (Phi) is 2.57. The molecule has 1 heterocycles. The Hall–Kier alpha value is -1.45. The van der Waals surface area contributed by atoms with E-state index >= 15 is 0 Å². The molecule has 4 heteroatoms. The molecule has 2 saturated carbocycles. The largest absolute Gasteiger partial charge is 0.479 e. The SMILES string of the molecule is COc1nccnc1C(=O)C1CC2CCC1C2. The van der Waals surface area contributed by atoms with Crippen molar-refractivity contribution in [2.75, 3.05) is 7.11 Å². The first-order valence-electron chi connectivity index (χ1n) is 6.18. The number of Topliss-reactive ketones (excluding diaryl/α,β-unsaturated/α-hetero) is 1. The van der Waals surface area contributed by atoms with Crippen LogP contribution in [-0.2, 0) is 0 Å². The van der Waals surface area contributed by atoms with E-state index in [2.05, 4.69) is 9.97 Å². The number of hydrogen-bond donors (Lipinski definition) is 0. The summed E-state index contributed by atoms with van der Waals surface area (Å²) in [6.45, 7) is 0. The molecule has 0 N–H and O–H groups in total. The Morgan fingerprint density at radius 2 is 2.12 bits per heavy atom. The lowest BCUT2D eigenvalue weighted by molar-refractivity contribution is 0.0865. The number of carbonyl (C=O) groups is 1. The minimum absolute atomic E-state index is 0.127. The third kappa shape index (κ3) is 1.72. The zero-order chi connectivity index (χ0) is 11.8. The lowest BCUT2D eigenvalue weighted by atomic mass is 9.84. The van der Waals surface area contributed by atoms with Gasteiger partial charge in [0, 0.05) is 18.3 Å². The maximum Gasteiger partial charge on any atom is 0.243 e. The molecule has 1 aromatic heterocycles. The minimum Gasteiger partial charge on any atom is -0.479 e. The second-order valence-corrected chi connectivity index (χ2v) is 5.06. The highest BCUT2D eigenvalue weighted by Crippen LogP contribution is 2.49. The summed E-state index contributed by atoms with van der Waals surface area (Å²) in [5.41, 5.74) is 0.410. The van der Waals surface area contributed by atoms with Crippen molar-refractivity contribution in [1.29, 1.82) is 0 Å². The van der Waals surface area contributed by atoms with Crippen LogP contribution in [-0.4, -0.2) is 22.9 Å². The molecule has 0 radical (unpaired) electrons. The number of ether oxygens (including phenoxy) is 1. The Morgan fingerprint density at radius 1 is 1.29 bits per heavy atom. The van der Waals surface area contributed by atoms with Crippen LogP contribution in [0.15, 0.2) is 12.4 Å². The van der Waals surface area contributed by atoms with Gasteiger partial charge in [-0.15, -0.1) is 0 Å². The molecule has 2 aliphatic carbocycles. The number of aromatic nitrogens is 2. The predicted molar refractivity (Wildman–Crippen MR) is 61.9 cm³/mol. The van der Waals surface area contributed by atoms with Crippen molar-refractivity contribution in [2.24, 2.45) is 17.8 Å². The highest BCUT2D eigenvalue weighted by Gasteiger charge is 2.44. The molecule has 2 aliphatic rings. The zero-order valence-corrected chi connectivity index (χ0v) is 9.93. The number of carbonyl (C=O) groups excluding carboxylic acids is 1. The van der Waals surface area contributed by atoms with Crippen molar-refractivity contribution in [3.05, 3.63) is 18.1 Å². The van der Waals surface area contributed by atoms with Gasteiger partial charge in [0.15, 0.2) is 11.5 Å². The van der Waals surface area contributed by atoms with Gasteiger partial charge in [-0.2, -0.15) is 0 Å². The van der Waals surface area contributed by atoms with E-state index in [4.69, 9.17) is 4.74 Å². The van der Waals surface area contributed by atoms with Gasteiger partial charge in [0.2, 0.25) is 5.88 Å². The minimum atomic E-state index is 0.127. The average molecular weight is 232 g/mol. The van der Waals surface area contributed by atoms with Crippen molar-refractivity contribution < 1.29 is 9.53 Å².